The highest BCUT2D eigenvalue weighted by molar-refractivity contribution is 5.28. The van der Waals surface area contributed by atoms with Gasteiger partial charge in [0.25, 0.3) is 0 Å². The summed E-state index contributed by atoms with van der Waals surface area (Å²) in [6.07, 6.45) is 3.86. The minimum absolute atomic E-state index is 0.688. The number of ether oxygens (including phenoxy) is 1. The molecule has 2 nitrogen and oxygen atoms in total. The summed E-state index contributed by atoms with van der Waals surface area (Å²) in [6, 6.07) is 9.18. The van der Waals surface area contributed by atoms with E-state index in [1.165, 1.54) is 18.4 Å². The van der Waals surface area contributed by atoms with E-state index in [9.17, 15) is 0 Å². The van der Waals surface area contributed by atoms with E-state index in [2.05, 4.69) is 30.4 Å². The SMILES string of the molecule is COc1cccc(CC(C)CNC2CC2)c1. The number of nitrogens with one attached hydrogen (secondary N) is 1. The predicted octanol–water partition coefficient (Wildman–Crippen LogP) is 2.63. The molecule has 0 heterocycles. The molecule has 1 aromatic rings. The minimum Gasteiger partial charge on any atom is -0.497 e. The largest absolute Gasteiger partial charge is 0.497 e. The van der Waals surface area contributed by atoms with Gasteiger partial charge in [-0.25, -0.2) is 0 Å². The van der Waals surface area contributed by atoms with E-state index in [4.69, 9.17) is 4.74 Å². The Hall–Kier alpha value is -1.02. The van der Waals surface area contributed by atoms with Gasteiger partial charge in [-0.2, -0.15) is 0 Å². The van der Waals surface area contributed by atoms with Crippen molar-refractivity contribution in [3.05, 3.63) is 29.8 Å². The maximum absolute atomic E-state index is 5.23. The van der Waals surface area contributed by atoms with Crippen molar-refractivity contribution >= 4 is 0 Å². The van der Waals surface area contributed by atoms with Gasteiger partial charge in [0.1, 0.15) is 5.75 Å². The summed E-state index contributed by atoms with van der Waals surface area (Å²) in [5.74, 6) is 1.65. The lowest BCUT2D eigenvalue weighted by Crippen LogP contribution is -2.24. The summed E-state index contributed by atoms with van der Waals surface area (Å²) in [4.78, 5) is 0. The lowest BCUT2D eigenvalue weighted by molar-refractivity contribution is 0.413. The van der Waals surface area contributed by atoms with Gasteiger partial charge in [0, 0.05) is 6.04 Å². The molecule has 0 saturated heterocycles. The fraction of sp³-hybridized carbons (Fsp3) is 0.571. The van der Waals surface area contributed by atoms with Crippen molar-refractivity contribution in [2.75, 3.05) is 13.7 Å². The van der Waals surface area contributed by atoms with E-state index in [0.29, 0.717) is 5.92 Å². The van der Waals surface area contributed by atoms with Crippen LogP contribution >= 0.6 is 0 Å². The van der Waals surface area contributed by atoms with Gasteiger partial charge >= 0.3 is 0 Å². The second-order valence-electron chi connectivity index (χ2n) is 4.84. The number of hydrogen-bond acceptors (Lipinski definition) is 2. The zero-order valence-electron chi connectivity index (χ0n) is 10.2. The topological polar surface area (TPSA) is 21.3 Å². The predicted molar refractivity (Wildman–Crippen MR) is 66.9 cm³/mol. The van der Waals surface area contributed by atoms with Gasteiger partial charge in [-0.05, 0) is 49.4 Å². The second-order valence-corrected chi connectivity index (χ2v) is 4.84. The van der Waals surface area contributed by atoms with Crippen LogP contribution in [-0.2, 0) is 6.42 Å². The molecular weight excluding hydrogens is 198 g/mol. The molecule has 1 atom stereocenters. The van der Waals surface area contributed by atoms with Gasteiger partial charge in [-0.15, -0.1) is 0 Å². The Morgan fingerprint density at radius 3 is 2.94 bits per heavy atom. The van der Waals surface area contributed by atoms with E-state index in [1.54, 1.807) is 7.11 Å². The molecule has 16 heavy (non-hydrogen) atoms. The molecule has 2 heteroatoms. The molecule has 1 aliphatic carbocycles. The lowest BCUT2D eigenvalue weighted by Gasteiger charge is -2.12. The Morgan fingerprint density at radius 1 is 1.44 bits per heavy atom. The molecular formula is C14H21NO. The molecule has 1 fully saturated rings. The summed E-state index contributed by atoms with van der Waals surface area (Å²) < 4.78 is 5.23. The van der Waals surface area contributed by atoms with Crippen LogP contribution in [0.15, 0.2) is 24.3 Å². The van der Waals surface area contributed by atoms with E-state index >= 15 is 0 Å². The van der Waals surface area contributed by atoms with Gasteiger partial charge in [-0.1, -0.05) is 19.1 Å². The van der Waals surface area contributed by atoms with Crippen LogP contribution in [0.25, 0.3) is 0 Å². The summed E-state index contributed by atoms with van der Waals surface area (Å²) in [6.45, 7) is 3.43. The normalized spacial score (nSPS) is 17.1. The van der Waals surface area contributed by atoms with Gasteiger partial charge < -0.3 is 10.1 Å². The molecule has 1 aliphatic rings. The first-order chi connectivity index (χ1) is 7.78. The first kappa shape index (κ1) is 11.5. The number of hydrogen-bond donors (Lipinski definition) is 1. The highest BCUT2D eigenvalue weighted by atomic mass is 16.5. The maximum Gasteiger partial charge on any atom is 0.119 e. The second kappa shape index (κ2) is 5.35. The Balaban J connectivity index is 1.81. The van der Waals surface area contributed by atoms with Crippen LogP contribution in [0.5, 0.6) is 5.75 Å². The molecule has 1 unspecified atom stereocenters. The summed E-state index contributed by atoms with van der Waals surface area (Å²) in [5, 5.41) is 3.57. The zero-order valence-corrected chi connectivity index (χ0v) is 10.2. The fourth-order valence-electron chi connectivity index (χ4n) is 1.93. The molecule has 2 rings (SSSR count). The Labute approximate surface area is 98.0 Å². The third-order valence-corrected chi connectivity index (χ3v) is 3.05. The third-order valence-electron chi connectivity index (χ3n) is 3.05. The van der Waals surface area contributed by atoms with Crippen molar-refractivity contribution in [1.29, 1.82) is 0 Å². The van der Waals surface area contributed by atoms with E-state index in [1.807, 2.05) is 6.07 Å². The van der Waals surface area contributed by atoms with Crippen molar-refractivity contribution in [3.63, 3.8) is 0 Å². The van der Waals surface area contributed by atoms with E-state index in [-0.39, 0.29) is 0 Å². The fourth-order valence-corrected chi connectivity index (χ4v) is 1.93. The summed E-state index contributed by atoms with van der Waals surface area (Å²) in [7, 11) is 1.72. The van der Waals surface area contributed by atoms with Crippen LogP contribution in [0, 0.1) is 5.92 Å². The highest BCUT2D eigenvalue weighted by Gasteiger charge is 2.20. The molecule has 0 radical (unpaired) electrons. The molecule has 1 aromatic carbocycles. The summed E-state index contributed by atoms with van der Waals surface area (Å²) >= 11 is 0. The molecule has 0 amide bonds. The highest BCUT2D eigenvalue weighted by Crippen LogP contribution is 2.20. The Kier molecular flexibility index (Phi) is 3.83. The van der Waals surface area contributed by atoms with Crippen LogP contribution in [0.3, 0.4) is 0 Å². The quantitative estimate of drug-likeness (QED) is 0.794. The van der Waals surface area contributed by atoms with Gasteiger partial charge in [0.15, 0.2) is 0 Å². The molecule has 1 saturated carbocycles. The van der Waals surface area contributed by atoms with Crippen LogP contribution in [0.4, 0.5) is 0 Å². The molecule has 0 bridgehead atoms. The Morgan fingerprint density at radius 2 is 2.25 bits per heavy atom. The molecule has 0 aliphatic heterocycles. The standard InChI is InChI=1S/C14H21NO/c1-11(10-15-13-6-7-13)8-12-4-3-5-14(9-12)16-2/h3-5,9,11,13,15H,6-8,10H2,1-2H3. The molecule has 0 spiro atoms. The van der Waals surface area contributed by atoms with Crippen molar-refractivity contribution in [2.24, 2.45) is 5.92 Å². The van der Waals surface area contributed by atoms with Crippen LogP contribution in [0.1, 0.15) is 25.3 Å². The average Bonchev–Trinajstić information content (AvgIpc) is 3.10. The molecule has 1 N–H and O–H groups in total. The van der Waals surface area contributed by atoms with E-state index < -0.39 is 0 Å². The lowest BCUT2D eigenvalue weighted by atomic mass is 10.0. The average molecular weight is 219 g/mol. The first-order valence-corrected chi connectivity index (χ1v) is 6.14. The minimum atomic E-state index is 0.688. The van der Waals surface area contributed by atoms with Gasteiger partial charge in [-0.3, -0.25) is 0 Å². The van der Waals surface area contributed by atoms with Crippen molar-refractivity contribution < 1.29 is 4.74 Å². The van der Waals surface area contributed by atoms with Gasteiger partial charge in [0.05, 0.1) is 7.11 Å². The zero-order chi connectivity index (χ0) is 11.4. The van der Waals surface area contributed by atoms with Crippen LogP contribution < -0.4 is 10.1 Å². The van der Waals surface area contributed by atoms with Crippen LogP contribution in [-0.4, -0.2) is 19.7 Å². The number of benzene rings is 1. The summed E-state index contributed by atoms with van der Waals surface area (Å²) in [5.41, 5.74) is 1.37. The number of methoxy groups -OCH3 is 1. The Bertz CT molecular complexity index is 333. The van der Waals surface area contributed by atoms with E-state index in [0.717, 1.165) is 24.8 Å². The molecule has 88 valence electrons. The van der Waals surface area contributed by atoms with Gasteiger partial charge in [0.2, 0.25) is 0 Å². The first-order valence-electron chi connectivity index (χ1n) is 6.14. The monoisotopic (exact) mass is 219 g/mol. The molecule has 0 aromatic heterocycles. The van der Waals surface area contributed by atoms with Crippen LogP contribution in [0.2, 0.25) is 0 Å². The van der Waals surface area contributed by atoms with Crippen molar-refractivity contribution in [1.82, 2.24) is 5.32 Å². The third kappa shape index (κ3) is 3.53. The maximum atomic E-state index is 5.23. The van der Waals surface area contributed by atoms with Crippen molar-refractivity contribution in [2.45, 2.75) is 32.2 Å². The smallest absolute Gasteiger partial charge is 0.119 e. The van der Waals surface area contributed by atoms with Crippen molar-refractivity contribution in [3.8, 4) is 5.75 Å². The number of rotatable bonds is 6.